The molecule has 5 heterocycles. The Bertz CT molecular complexity index is 1110. The number of nitrogens with one attached hydrogen (secondary N) is 2. The molecule has 0 spiro atoms. The van der Waals surface area contributed by atoms with E-state index in [-0.39, 0.29) is 30.4 Å². The van der Waals surface area contributed by atoms with Crippen molar-refractivity contribution in [2.75, 3.05) is 18.5 Å². The molecule has 29 heavy (non-hydrogen) atoms. The van der Waals surface area contributed by atoms with Gasteiger partial charge in [-0.15, -0.1) is 11.3 Å². The van der Waals surface area contributed by atoms with E-state index in [9.17, 15) is 4.79 Å². The average Bonchev–Trinajstić information content (AvgIpc) is 3.36. The fourth-order valence-corrected chi connectivity index (χ4v) is 5.11. The summed E-state index contributed by atoms with van der Waals surface area (Å²) in [5.41, 5.74) is 8.16. The minimum Gasteiger partial charge on any atom is -0.380 e. The maximum atomic E-state index is 15.2. The molecule has 2 aliphatic rings. The van der Waals surface area contributed by atoms with Crippen LogP contribution in [0.2, 0.25) is 0 Å². The number of carbonyl (C=O) groups excluding carboxylic acids is 1. The lowest BCUT2D eigenvalue weighted by molar-refractivity contribution is 0.0751. The predicted octanol–water partition coefficient (Wildman–Crippen LogP) is 1.92. The van der Waals surface area contributed by atoms with Crippen LogP contribution in [0.5, 0.6) is 0 Å². The summed E-state index contributed by atoms with van der Waals surface area (Å²) in [4.78, 5) is 18.8. The lowest BCUT2D eigenvalue weighted by Crippen LogP contribution is -2.48. The molecule has 5 rings (SSSR count). The Morgan fingerprint density at radius 3 is 3.07 bits per heavy atom. The van der Waals surface area contributed by atoms with Crippen molar-refractivity contribution in [2.45, 2.75) is 32.0 Å². The zero-order chi connectivity index (χ0) is 20.3. The van der Waals surface area contributed by atoms with Gasteiger partial charge in [0, 0.05) is 43.2 Å². The van der Waals surface area contributed by atoms with Gasteiger partial charge in [-0.25, -0.2) is 9.37 Å². The maximum absolute atomic E-state index is 15.2. The van der Waals surface area contributed by atoms with Crippen molar-refractivity contribution in [1.82, 2.24) is 20.1 Å². The third-order valence-corrected chi connectivity index (χ3v) is 6.75. The first-order chi connectivity index (χ1) is 13.9. The fourth-order valence-electron chi connectivity index (χ4n) is 3.99. The number of pyridine rings is 1. The van der Waals surface area contributed by atoms with Crippen molar-refractivity contribution in [1.29, 1.82) is 0 Å². The van der Waals surface area contributed by atoms with Gasteiger partial charge in [-0.1, -0.05) is 0 Å². The van der Waals surface area contributed by atoms with Crippen LogP contribution in [-0.2, 0) is 18.3 Å². The predicted molar refractivity (Wildman–Crippen MR) is 109 cm³/mol. The van der Waals surface area contributed by atoms with E-state index in [1.165, 1.54) is 11.3 Å². The number of aryl methyl sites for hydroxylation is 2. The van der Waals surface area contributed by atoms with Crippen molar-refractivity contribution < 1.29 is 13.9 Å². The van der Waals surface area contributed by atoms with Gasteiger partial charge in [-0.05, 0) is 19.4 Å². The zero-order valence-corrected chi connectivity index (χ0v) is 16.9. The molecule has 1 fully saturated rings. The SMILES string of the molecule is Cc1nn(C)c2sc(-c3nc(N[C@@H]4CCOC[C@@H]4N)c(F)c4c3C(=O)NC4)cc12. The Hall–Kier alpha value is -2.56. The second-order valence-electron chi connectivity index (χ2n) is 7.48. The molecule has 3 aromatic rings. The molecule has 0 aliphatic carbocycles. The molecule has 4 N–H and O–H groups in total. The van der Waals surface area contributed by atoms with E-state index in [1.54, 1.807) is 0 Å². The third kappa shape index (κ3) is 2.90. The number of fused-ring (bicyclic) bond motifs is 2. The number of hydrogen-bond acceptors (Lipinski definition) is 7. The Labute approximate surface area is 170 Å². The van der Waals surface area contributed by atoms with Crippen molar-refractivity contribution in [3.8, 4) is 10.6 Å². The normalized spacial score (nSPS) is 21.4. The second-order valence-corrected chi connectivity index (χ2v) is 8.51. The van der Waals surface area contributed by atoms with E-state index in [0.717, 1.165) is 20.8 Å². The monoisotopic (exact) mass is 416 g/mol. The first-order valence-electron chi connectivity index (χ1n) is 9.48. The molecule has 3 aromatic heterocycles. The smallest absolute Gasteiger partial charge is 0.254 e. The molecular weight excluding hydrogens is 395 g/mol. The molecule has 2 aliphatic heterocycles. The number of nitrogens with zero attached hydrogens (tertiary/aromatic N) is 3. The number of ether oxygens (including phenoxy) is 1. The molecule has 0 bridgehead atoms. The van der Waals surface area contributed by atoms with E-state index in [2.05, 4.69) is 20.7 Å². The molecule has 2 atom stereocenters. The van der Waals surface area contributed by atoms with Gasteiger partial charge in [0.15, 0.2) is 11.6 Å². The summed E-state index contributed by atoms with van der Waals surface area (Å²) in [6.45, 7) is 3.07. The Kier molecular flexibility index (Phi) is 4.30. The quantitative estimate of drug-likeness (QED) is 0.602. The van der Waals surface area contributed by atoms with Crippen LogP contribution in [-0.4, -0.2) is 46.0 Å². The van der Waals surface area contributed by atoms with Crippen LogP contribution in [0.4, 0.5) is 10.2 Å². The molecule has 10 heteroatoms. The minimum absolute atomic E-state index is 0.130. The van der Waals surface area contributed by atoms with Gasteiger partial charge in [0.2, 0.25) is 0 Å². The topological polar surface area (TPSA) is 107 Å². The van der Waals surface area contributed by atoms with Crippen molar-refractivity contribution in [2.24, 2.45) is 12.8 Å². The highest BCUT2D eigenvalue weighted by atomic mass is 32.1. The molecule has 0 radical (unpaired) electrons. The lowest BCUT2D eigenvalue weighted by atomic mass is 10.0. The summed E-state index contributed by atoms with van der Waals surface area (Å²) in [5, 5.41) is 11.3. The van der Waals surface area contributed by atoms with E-state index < -0.39 is 5.82 Å². The molecule has 0 unspecified atom stereocenters. The van der Waals surface area contributed by atoms with Gasteiger partial charge < -0.3 is 21.1 Å². The Morgan fingerprint density at radius 1 is 1.48 bits per heavy atom. The summed E-state index contributed by atoms with van der Waals surface area (Å²) in [5.74, 6) is -0.673. The number of thiophene rings is 1. The number of hydrogen-bond donors (Lipinski definition) is 3. The molecule has 152 valence electrons. The van der Waals surface area contributed by atoms with Gasteiger partial charge >= 0.3 is 0 Å². The van der Waals surface area contributed by atoms with Crippen LogP contribution in [0.3, 0.4) is 0 Å². The van der Waals surface area contributed by atoms with Crippen LogP contribution in [0.25, 0.3) is 20.8 Å². The summed E-state index contributed by atoms with van der Waals surface area (Å²) in [6.07, 6.45) is 0.666. The average molecular weight is 416 g/mol. The van der Waals surface area contributed by atoms with Gasteiger partial charge in [0.1, 0.15) is 4.83 Å². The number of aromatic nitrogens is 3. The molecular formula is C19H21FN6O2S. The summed E-state index contributed by atoms with van der Waals surface area (Å²) in [7, 11) is 1.88. The van der Waals surface area contributed by atoms with Crippen molar-refractivity contribution >= 4 is 33.3 Å². The molecule has 0 saturated carbocycles. The Morgan fingerprint density at radius 2 is 2.31 bits per heavy atom. The Balaban J connectivity index is 1.64. The molecule has 8 nitrogen and oxygen atoms in total. The van der Waals surface area contributed by atoms with Crippen LogP contribution in [0, 0.1) is 12.7 Å². The van der Waals surface area contributed by atoms with E-state index in [4.69, 9.17) is 10.5 Å². The molecule has 0 aromatic carbocycles. The van der Waals surface area contributed by atoms with Crippen molar-refractivity contribution in [3.63, 3.8) is 0 Å². The van der Waals surface area contributed by atoms with Crippen LogP contribution in [0.15, 0.2) is 6.07 Å². The number of nitrogens with two attached hydrogens (primary N) is 1. The highest BCUT2D eigenvalue weighted by molar-refractivity contribution is 7.21. The highest BCUT2D eigenvalue weighted by Gasteiger charge is 2.32. The number of amides is 1. The minimum atomic E-state index is -0.500. The largest absolute Gasteiger partial charge is 0.380 e. The number of anilines is 1. The molecule has 1 saturated heterocycles. The van der Waals surface area contributed by atoms with Gasteiger partial charge in [0.25, 0.3) is 5.91 Å². The standard InChI is InChI=1S/C19H21FN6O2S/c1-8-9-5-13(29-19(9)26(2)25-8)16-14-10(6-22-18(14)27)15(20)17(24-16)23-12-3-4-28-7-11(12)21/h5,11-12H,3-4,6-7,21H2,1-2H3,(H,22,27)(H,23,24)/t11-,12+/m0/s1. The third-order valence-electron chi connectivity index (χ3n) is 5.54. The number of rotatable bonds is 3. The number of carbonyl (C=O) groups is 1. The summed E-state index contributed by atoms with van der Waals surface area (Å²) in [6, 6.07) is 1.58. The van der Waals surface area contributed by atoms with Crippen LogP contribution < -0.4 is 16.4 Å². The van der Waals surface area contributed by atoms with E-state index in [0.29, 0.717) is 36.5 Å². The number of halogens is 1. The van der Waals surface area contributed by atoms with E-state index in [1.807, 2.05) is 24.7 Å². The lowest BCUT2D eigenvalue weighted by Gasteiger charge is -2.30. The van der Waals surface area contributed by atoms with E-state index >= 15 is 4.39 Å². The van der Waals surface area contributed by atoms with Crippen molar-refractivity contribution in [3.05, 3.63) is 28.7 Å². The second kappa shape index (κ2) is 6.75. The van der Waals surface area contributed by atoms with Crippen LogP contribution in [0.1, 0.15) is 28.0 Å². The highest BCUT2D eigenvalue weighted by Crippen LogP contribution is 2.39. The van der Waals surface area contributed by atoms with Crippen LogP contribution >= 0.6 is 11.3 Å². The summed E-state index contributed by atoms with van der Waals surface area (Å²) < 4.78 is 22.4. The molecule has 1 amide bonds. The zero-order valence-electron chi connectivity index (χ0n) is 16.1. The van der Waals surface area contributed by atoms with Gasteiger partial charge in [0.05, 0.1) is 28.4 Å². The first-order valence-corrected chi connectivity index (χ1v) is 10.3. The van der Waals surface area contributed by atoms with Gasteiger partial charge in [-0.2, -0.15) is 5.10 Å². The van der Waals surface area contributed by atoms with Gasteiger partial charge in [-0.3, -0.25) is 9.48 Å². The first kappa shape index (κ1) is 18.5. The maximum Gasteiger partial charge on any atom is 0.254 e. The fraction of sp³-hybridized carbons (Fsp3) is 0.421. The summed E-state index contributed by atoms with van der Waals surface area (Å²) >= 11 is 1.49.